The maximum atomic E-state index is 12.4. The van der Waals surface area contributed by atoms with Crippen LogP contribution in [0.3, 0.4) is 0 Å². The average Bonchev–Trinajstić information content (AvgIpc) is 2.75. The molecule has 2 amide bonds. The van der Waals surface area contributed by atoms with Gasteiger partial charge in [0.1, 0.15) is 6.61 Å². The Labute approximate surface area is 184 Å². The fraction of sp³-hybridized carbons (Fsp3) is 0.318. The number of benzene rings is 2. The van der Waals surface area contributed by atoms with E-state index >= 15 is 0 Å². The number of carboxylic acids is 1. The second-order valence-electron chi connectivity index (χ2n) is 7.60. The zero-order valence-corrected chi connectivity index (χ0v) is 17.5. The molecule has 1 saturated heterocycles. The van der Waals surface area contributed by atoms with Crippen molar-refractivity contribution < 1.29 is 24.2 Å². The Hall–Kier alpha value is -3.10. The van der Waals surface area contributed by atoms with E-state index in [1.165, 1.54) is 6.07 Å². The van der Waals surface area contributed by atoms with Gasteiger partial charge in [-0.25, -0.2) is 9.59 Å². The normalized spacial score (nSPS) is 17.1. The number of halogens is 1. The smallest absolute Gasteiger partial charge is 0.414 e. The maximum Gasteiger partial charge on any atom is 0.414 e. The Morgan fingerprint density at radius 2 is 1.90 bits per heavy atom. The molecule has 31 heavy (non-hydrogen) atoms. The summed E-state index contributed by atoms with van der Waals surface area (Å²) in [5.74, 6) is -1.36. The van der Waals surface area contributed by atoms with Gasteiger partial charge in [-0.3, -0.25) is 14.6 Å². The molecule has 0 aromatic heterocycles. The van der Waals surface area contributed by atoms with Gasteiger partial charge in [-0.1, -0.05) is 23.7 Å². The van der Waals surface area contributed by atoms with E-state index in [0.29, 0.717) is 31.0 Å². The molecule has 0 atom stereocenters. The number of carbonyl (C=O) groups is 3. The second-order valence-corrected chi connectivity index (χ2v) is 8.04. The Morgan fingerprint density at radius 3 is 2.65 bits per heavy atom. The molecule has 2 aliphatic rings. The number of hydrogen-bond donors (Lipinski definition) is 2. The SMILES string of the molecule is O=C(CN1CCC(N2C(=O)OCc3cc(Cl)ccc32)CC1)Nc1ccccc1C(=O)O. The van der Waals surface area contributed by atoms with Crippen molar-refractivity contribution in [2.45, 2.75) is 25.5 Å². The van der Waals surface area contributed by atoms with Crippen LogP contribution in [0.5, 0.6) is 0 Å². The van der Waals surface area contributed by atoms with Crippen LogP contribution in [-0.2, 0) is 16.1 Å². The van der Waals surface area contributed by atoms with Crippen molar-refractivity contribution in [2.24, 2.45) is 0 Å². The summed E-state index contributed by atoms with van der Waals surface area (Å²) in [5, 5.41) is 12.5. The molecule has 2 aromatic carbocycles. The lowest BCUT2D eigenvalue weighted by atomic mass is 10.0. The third-order valence-electron chi connectivity index (χ3n) is 5.57. The Balaban J connectivity index is 1.36. The van der Waals surface area contributed by atoms with Crippen LogP contribution in [0.1, 0.15) is 28.8 Å². The van der Waals surface area contributed by atoms with Crippen molar-refractivity contribution >= 4 is 40.9 Å². The topological polar surface area (TPSA) is 99.2 Å². The van der Waals surface area contributed by atoms with Gasteiger partial charge < -0.3 is 15.2 Å². The molecule has 0 unspecified atom stereocenters. The molecule has 4 rings (SSSR count). The quantitative estimate of drug-likeness (QED) is 0.732. The van der Waals surface area contributed by atoms with E-state index in [9.17, 15) is 19.5 Å². The van der Waals surface area contributed by atoms with Crippen molar-refractivity contribution in [3.8, 4) is 0 Å². The van der Waals surface area contributed by atoms with E-state index in [1.54, 1.807) is 29.2 Å². The highest BCUT2D eigenvalue weighted by atomic mass is 35.5. The molecule has 2 heterocycles. The molecule has 0 saturated carbocycles. The number of anilines is 2. The van der Waals surface area contributed by atoms with Gasteiger partial charge in [-0.15, -0.1) is 0 Å². The van der Waals surface area contributed by atoms with Crippen LogP contribution in [0.25, 0.3) is 0 Å². The molecule has 2 N–H and O–H groups in total. The molecular formula is C22H22ClN3O5. The van der Waals surface area contributed by atoms with E-state index in [4.69, 9.17) is 16.3 Å². The lowest BCUT2D eigenvalue weighted by molar-refractivity contribution is -0.117. The molecule has 2 aliphatic heterocycles. The number of para-hydroxylation sites is 1. The minimum atomic E-state index is -1.09. The lowest BCUT2D eigenvalue weighted by Gasteiger charge is -2.40. The number of nitrogens with one attached hydrogen (secondary N) is 1. The van der Waals surface area contributed by atoms with E-state index in [-0.39, 0.29) is 42.4 Å². The number of hydrogen-bond acceptors (Lipinski definition) is 5. The summed E-state index contributed by atoms with van der Waals surface area (Å²) in [6.07, 6.45) is 1.02. The summed E-state index contributed by atoms with van der Waals surface area (Å²) in [6, 6.07) is 11.7. The summed E-state index contributed by atoms with van der Waals surface area (Å²) < 4.78 is 5.32. The van der Waals surface area contributed by atoms with Crippen LogP contribution in [-0.4, -0.2) is 53.7 Å². The van der Waals surface area contributed by atoms with Crippen molar-refractivity contribution in [2.75, 3.05) is 29.9 Å². The van der Waals surface area contributed by atoms with Crippen molar-refractivity contribution in [3.05, 3.63) is 58.6 Å². The van der Waals surface area contributed by atoms with Crippen LogP contribution in [0.15, 0.2) is 42.5 Å². The van der Waals surface area contributed by atoms with Crippen LogP contribution < -0.4 is 10.2 Å². The summed E-state index contributed by atoms with van der Waals surface area (Å²) in [7, 11) is 0. The first-order valence-corrected chi connectivity index (χ1v) is 10.4. The summed E-state index contributed by atoms with van der Waals surface area (Å²) >= 11 is 6.06. The molecule has 0 spiro atoms. The minimum Gasteiger partial charge on any atom is -0.478 e. The standard InChI is InChI=1S/C22H22ClN3O5/c23-15-5-6-19-14(11-15)13-31-22(30)26(19)16-7-9-25(10-8-16)12-20(27)24-18-4-2-1-3-17(18)21(28)29/h1-6,11,16H,7-10,12-13H2,(H,24,27)(H,28,29). The Kier molecular flexibility index (Phi) is 6.11. The van der Waals surface area contributed by atoms with Crippen molar-refractivity contribution in [3.63, 3.8) is 0 Å². The first kappa shape index (κ1) is 21.1. The van der Waals surface area contributed by atoms with Gasteiger partial charge in [0, 0.05) is 29.7 Å². The van der Waals surface area contributed by atoms with Crippen LogP contribution in [0.4, 0.5) is 16.2 Å². The van der Waals surface area contributed by atoms with Gasteiger partial charge in [0.05, 0.1) is 23.5 Å². The van der Waals surface area contributed by atoms with Crippen LogP contribution in [0.2, 0.25) is 5.02 Å². The fourth-order valence-electron chi connectivity index (χ4n) is 4.06. The maximum absolute atomic E-state index is 12.4. The molecule has 2 aromatic rings. The highest BCUT2D eigenvalue weighted by molar-refractivity contribution is 6.30. The highest BCUT2D eigenvalue weighted by Gasteiger charge is 2.34. The summed E-state index contributed by atoms with van der Waals surface area (Å²) in [6.45, 7) is 1.62. The minimum absolute atomic E-state index is 0.0280. The van der Waals surface area contributed by atoms with E-state index in [1.807, 2.05) is 17.0 Å². The van der Waals surface area contributed by atoms with E-state index in [2.05, 4.69) is 5.32 Å². The van der Waals surface area contributed by atoms with Gasteiger partial charge in [-0.05, 0) is 43.2 Å². The Bertz CT molecular complexity index is 1020. The van der Waals surface area contributed by atoms with Gasteiger partial charge in [0.25, 0.3) is 0 Å². The average molecular weight is 444 g/mol. The molecule has 0 radical (unpaired) electrons. The zero-order chi connectivity index (χ0) is 22.0. The van der Waals surface area contributed by atoms with E-state index < -0.39 is 5.97 Å². The molecule has 0 aliphatic carbocycles. The largest absolute Gasteiger partial charge is 0.478 e. The Morgan fingerprint density at radius 1 is 1.16 bits per heavy atom. The third kappa shape index (κ3) is 4.65. The van der Waals surface area contributed by atoms with Crippen LogP contribution in [0, 0.1) is 0 Å². The molecule has 1 fully saturated rings. The first-order chi connectivity index (χ1) is 14.9. The zero-order valence-electron chi connectivity index (χ0n) is 16.7. The number of aromatic carboxylic acids is 1. The first-order valence-electron chi connectivity index (χ1n) is 10.0. The van der Waals surface area contributed by atoms with Gasteiger partial charge in [0.15, 0.2) is 0 Å². The summed E-state index contributed by atoms with van der Waals surface area (Å²) in [5.41, 5.74) is 2.03. The highest BCUT2D eigenvalue weighted by Crippen LogP contribution is 2.33. The number of carbonyl (C=O) groups excluding carboxylic acids is 2. The number of carboxylic acid groups (broad SMARTS) is 1. The fourth-order valence-corrected chi connectivity index (χ4v) is 4.26. The molecule has 8 nitrogen and oxygen atoms in total. The number of ether oxygens (including phenoxy) is 1. The summed E-state index contributed by atoms with van der Waals surface area (Å²) in [4.78, 5) is 39.9. The monoisotopic (exact) mass is 443 g/mol. The number of piperidine rings is 1. The predicted molar refractivity (Wildman–Crippen MR) is 116 cm³/mol. The van der Waals surface area contributed by atoms with Gasteiger partial charge in [0.2, 0.25) is 5.91 Å². The number of rotatable bonds is 5. The number of amides is 2. The number of fused-ring (bicyclic) bond motifs is 1. The number of cyclic esters (lactones) is 1. The van der Waals surface area contributed by atoms with Gasteiger partial charge in [-0.2, -0.15) is 0 Å². The molecule has 162 valence electrons. The third-order valence-corrected chi connectivity index (χ3v) is 5.81. The molecule has 9 heteroatoms. The van der Waals surface area contributed by atoms with E-state index in [0.717, 1.165) is 11.3 Å². The predicted octanol–water partition coefficient (Wildman–Crippen LogP) is 3.60. The molecule has 0 bridgehead atoms. The number of nitrogens with zero attached hydrogens (tertiary/aromatic N) is 2. The lowest BCUT2D eigenvalue weighted by Crippen LogP contribution is -2.50. The van der Waals surface area contributed by atoms with Crippen molar-refractivity contribution in [1.29, 1.82) is 0 Å². The van der Waals surface area contributed by atoms with Crippen molar-refractivity contribution in [1.82, 2.24) is 4.90 Å². The van der Waals surface area contributed by atoms with Gasteiger partial charge >= 0.3 is 12.1 Å². The second kappa shape index (κ2) is 8.95. The molecular weight excluding hydrogens is 422 g/mol. The number of likely N-dealkylation sites (tertiary alicyclic amines) is 1. The van der Waals surface area contributed by atoms with Crippen LogP contribution >= 0.6 is 11.6 Å².